The van der Waals surface area contributed by atoms with Gasteiger partial charge in [0.05, 0.1) is 0 Å². The fourth-order valence-electron chi connectivity index (χ4n) is 2.84. The number of hydrogen-bond acceptors (Lipinski definition) is 6. The number of carbonyl (C=O) groups excluding carboxylic acids is 2. The Kier molecular flexibility index (Phi) is 5.28. The smallest absolute Gasteiger partial charge is 0.358 e. The third kappa shape index (κ3) is 3.96. The highest BCUT2D eigenvalue weighted by Crippen LogP contribution is 2.24. The first kappa shape index (κ1) is 17.4. The number of esters is 1. The molecule has 6 heteroatoms. The van der Waals surface area contributed by atoms with E-state index in [0.717, 1.165) is 19.3 Å². The van der Waals surface area contributed by atoms with Crippen molar-refractivity contribution in [1.82, 2.24) is 4.98 Å². The molecule has 1 aromatic carbocycles. The Labute approximate surface area is 150 Å². The van der Waals surface area contributed by atoms with Crippen LogP contribution in [-0.2, 0) is 17.6 Å². The number of aromatic nitrogens is 1. The van der Waals surface area contributed by atoms with Crippen LogP contribution in [0.2, 0.25) is 0 Å². The number of aryl methyl sites for hydroxylation is 2. The van der Waals surface area contributed by atoms with Crippen LogP contribution in [0.3, 0.4) is 0 Å². The van der Waals surface area contributed by atoms with Crippen molar-refractivity contribution in [3.8, 4) is 0 Å². The van der Waals surface area contributed by atoms with E-state index in [1.54, 1.807) is 18.4 Å². The molecule has 0 aliphatic heterocycles. The van der Waals surface area contributed by atoms with Crippen LogP contribution in [-0.4, -0.2) is 29.4 Å². The summed E-state index contributed by atoms with van der Waals surface area (Å²) in [5.74, 6) is -0.784. The topological polar surface area (TPSA) is 68.3 Å². The summed E-state index contributed by atoms with van der Waals surface area (Å²) in [6.45, 7) is 5.77. The molecule has 0 fully saturated rings. The number of Topliss-reactive ketones (excluding diaryl/α,β-unsaturated/α-hetero) is 1. The summed E-state index contributed by atoms with van der Waals surface area (Å²) in [5, 5.41) is 5.24. The van der Waals surface area contributed by atoms with Gasteiger partial charge in [-0.25, -0.2) is 9.78 Å². The molecular formula is C19H20N2O3S. The average Bonchev–Trinajstić information content (AvgIpc) is 3.27. The number of rotatable bonds is 7. The standard InChI is InChI=1S/C19H20N2O3S/c1-3-9-20-19-21-16(11-25-19)18(23)24-12(2)17(22)15-8-7-13-5-4-6-14(13)10-15/h3,7-8,10-12H,1,4-6,9H2,2H3,(H,20,21)/t12-/m1/s1. The molecule has 1 atom stereocenters. The summed E-state index contributed by atoms with van der Waals surface area (Å²) in [6.07, 6.45) is 4.06. The van der Waals surface area contributed by atoms with Crippen molar-refractivity contribution in [2.45, 2.75) is 32.3 Å². The number of ketones is 1. The van der Waals surface area contributed by atoms with E-state index in [9.17, 15) is 9.59 Å². The monoisotopic (exact) mass is 356 g/mol. The predicted molar refractivity (Wildman–Crippen MR) is 98.5 cm³/mol. The molecule has 1 heterocycles. The summed E-state index contributed by atoms with van der Waals surface area (Å²) in [7, 11) is 0. The van der Waals surface area contributed by atoms with Crippen molar-refractivity contribution < 1.29 is 14.3 Å². The lowest BCUT2D eigenvalue weighted by molar-refractivity contribution is 0.0314. The predicted octanol–water partition coefficient (Wildman–Crippen LogP) is 3.66. The van der Waals surface area contributed by atoms with E-state index < -0.39 is 12.1 Å². The number of nitrogens with zero attached hydrogens (tertiary/aromatic N) is 1. The first-order valence-corrected chi connectivity index (χ1v) is 9.13. The molecule has 0 radical (unpaired) electrons. The van der Waals surface area contributed by atoms with Gasteiger partial charge in [-0.1, -0.05) is 18.2 Å². The van der Waals surface area contributed by atoms with Gasteiger partial charge in [0.15, 0.2) is 16.9 Å². The van der Waals surface area contributed by atoms with Crippen LogP contribution in [0, 0.1) is 0 Å². The van der Waals surface area contributed by atoms with E-state index in [1.807, 2.05) is 18.2 Å². The second-order valence-electron chi connectivity index (χ2n) is 5.96. The Morgan fingerprint density at radius 3 is 3.00 bits per heavy atom. The van der Waals surface area contributed by atoms with E-state index in [-0.39, 0.29) is 11.5 Å². The highest BCUT2D eigenvalue weighted by molar-refractivity contribution is 7.13. The fraction of sp³-hybridized carbons (Fsp3) is 0.316. The van der Waals surface area contributed by atoms with Gasteiger partial charge in [0.2, 0.25) is 5.78 Å². The molecular weight excluding hydrogens is 336 g/mol. The second kappa shape index (κ2) is 7.61. The van der Waals surface area contributed by atoms with Gasteiger partial charge < -0.3 is 10.1 Å². The second-order valence-corrected chi connectivity index (χ2v) is 6.81. The van der Waals surface area contributed by atoms with Crippen LogP contribution >= 0.6 is 11.3 Å². The molecule has 1 N–H and O–H groups in total. The van der Waals surface area contributed by atoms with Gasteiger partial charge in [0.1, 0.15) is 0 Å². The lowest BCUT2D eigenvalue weighted by Crippen LogP contribution is -2.24. The van der Waals surface area contributed by atoms with Crippen LogP contribution in [0.15, 0.2) is 36.2 Å². The number of hydrogen-bond donors (Lipinski definition) is 1. The maximum Gasteiger partial charge on any atom is 0.358 e. The van der Waals surface area contributed by atoms with Gasteiger partial charge in [-0.05, 0) is 43.4 Å². The molecule has 25 heavy (non-hydrogen) atoms. The van der Waals surface area contributed by atoms with Crippen molar-refractivity contribution in [2.75, 3.05) is 11.9 Å². The molecule has 0 bridgehead atoms. The molecule has 0 spiro atoms. The average molecular weight is 356 g/mol. The molecule has 1 aliphatic rings. The van der Waals surface area contributed by atoms with Gasteiger partial charge in [-0.15, -0.1) is 17.9 Å². The Bertz CT molecular complexity index is 813. The van der Waals surface area contributed by atoms with Crippen molar-refractivity contribution in [3.05, 3.63) is 58.6 Å². The summed E-state index contributed by atoms with van der Waals surface area (Å²) in [4.78, 5) is 28.9. The van der Waals surface area contributed by atoms with Gasteiger partial charge >= 0.3 is 5.97 Å². The van der Waals surface area contributed by atoms with Gasteiger partial charge in [-0.3, -0.25) is 4.79 Å². The fourth-order valence-corrected chi connectivity index (χ4v) is 3.53. The number of thiazole rings is 1. The minimum atomic E-state index is -0.849. The zero-order valence-electron chi connectivity index (χ0n) is 14.1. The van der Waals surface area contributed by atoms with E-state index in [4.69, 9.17) is 4.74 Å². The quantitative estimate of drug-likeness (QED) is 0.466. The van der Waals surface area contributed by atoms with Crippen molar-refractivity contribution in [3.63, 3.8) is 0 Å². The van der Waals surface area contributed by atoms with Crippen LogP contribution in [0.1, 0.15) is 45.3 Å². The lowest BCUT2D eigenvalue weighted by Gasteiger charge is -2.12. The Hall–Kier alpha value is -2.47. The van der Waals surface area contributed by atoms with Gasteiger partial charge in [0.25, 0.3) is 0 Å². The number of anilines is 1. The van der Waals surface area contributed by atoms with E-state index in [2.05, 4.69) is 16.9 Å². The molecule has 3 rings (SSSR count). The summed E-state index contributed by atoms with van der Waals surface area (Å²) >= 11 is 1.31. The largest absolute Gasteiger partial charge is 0.450 e. The Morgan fingerprint density at radius 1 is 1.40 bits per heavy atom. The minimum Gasteiger partial charge on any atom is -0.450 e. The normalized spacial score (nSPS) is 13.8. The van der Waals surface area contributed by atoms with Gasteiger partial charge in [0, 0.05) is 17.5 Å². The third-order valence-corrected chi connectivity index (χ3v) is 4.95. The molecule has 0 amide bonds. The van der Waals surface area contributed by atoms with Crippen molar-refractivity contribution in [2.24, 2.45) is 0 Å². The molecule has 2 aromatic rings. The SMILES string of the molecule is C=CCNc1nc(C(=O)O[C@H](C)C(=O)c2ccc3c(c2)CCC3)cs1. The van der Waals surface area contributed by atoms with E-state index >= 15 is 0 Å². The zero-order valence-corrected chi connectivity index (χ0v) is 14.9. The number of carbonyl (C=O) groups is 2. The maximum atomic E-state index is 12.5. The van der Waals surface area contributed by atoms with Crippen LogP contribution in [0.4, 0.5) is 5.13 Å². The summed E-state index contributed by atoms with van der Waals surface area (Å²) < 4.78 is 5.30. The minimum absolute atomic E-state index is 0.191. The molecule has 0 unspecified atom stereocenters. The molecule has 1 aromatic heterocycles. The van der Waals surface area contributed by atoms with E-state index in [1.165, 1.54) is 22.5 Å². The van der Waals surface area contributed by atoms with Crippen molar-refractivity contribution >= 4 is 28.2 Å². The third-order valence-electron chi connectivity index (χ3n) is 4.15. The molecule has 0 saturated carbocycles. The number of benzene rings is 1. The summed E-state index contributed by atoms with van der Waals surface area (Å²) in [5.41, 5.74) is 3.32. The zero-order chi connectivity index (χ0) is 17.8. The van der Waals surface area contributed by atoms with Crippen LogP contribution in [0.25, 0.3) is 0 Å². The number of fused-ring (bicyclic) bond motifs is 1. The van der Waals surface area contributed by atoms with E-state index in [0.29, 0.717) is 17.2 Å². The Morgan fingerprint density at radius 2 is 2.20 bits per heavy atom. The van der Waals surface area contributed by atoms with Gasteiger partial charge in [-0.2, -0.15) is 0 Å². The highest BCUT2D eigenvalue weighted by atomic mass is 32.1. The Balaban J connectivity index is 1.63. The molecule has 1 aliphatic carbocycles. The van der Waals surface area contributed by atoms with Crippen molar-refractivity contribution in [1.29, 1.82) is 0 Å². The lowest BCUT2D eigenvalue weighted by atomic mass is 10.0. The maximum absolute atomic E-state index is 12.5. The molecule has 130 valence electrons. The highest BCUT2D eigenvalue weighted by Gasteiger charge is 2.23. The first-order chi connectivity index (χ1) is 12.1. The van der Waals surface area contributed by atoms with Crippen LogP contribution < -0.4 is 5.32 Å². The first-order valence-electron chi connectivity index (χ1n) is 8.26. The molecule has 5 nitrogen and oxygen atoms in total. The molecule has 0 saturated heterocycles. The van der Waals surface area contributed by atoms with Crippen LogP contribution in [0.5, 0.6) is 0 Å². The number of nitrogens with one attached hydrogen (secondary N) is 1. The summed E-state index contributed by atoms with van der Waals surface area (Å²) in [6, 6.07) is 5.74. The number of ether oxygens (including phenoxy) is 1.